The largest absolute Gasteiger partial charge is 0.497 e. The Bertz CT molecular complexity index is 545. The average molecular weight is 285 g/mol. The van der Waals surface area contributed by atoms with Crippen LogP contribution in [0.25, 0.3) is 0 Å². The fraction of sp³-hybridized carbons (Fsp3) is 0.588. The maximum Gasteiger partial charge on any atom is 0.127 e. The second-order valence-electron chi connectivity index (χ2n) is 6.33. The van der Waals surface area contributed by atoms with Gasteiger partial charge in [0.15, 0.2) is 0 Å². The Morgan fingerprint density at radius 3 is 2.71 bits per heavy atom. The molecule has 0 aliphatic heterocycles. The molecule has 3 rings (SSSR count). The van der Waals surface area contributed by atoms with Crippen molar-refractivity contribution >= 4 is 5.69 Å². The van der Waals surface area contributed by atoms with Crippen LogP contribution in [0.15, 0.2) is 24.3 Å². The summed E-state index contributed by atoms with van der Waals surface area (Å²) in [5.74, 6) is 1.35. The summed E-state index contributed by atoms with van der Waals surface area (Å²) in [4.78, 5) is 2.17. The summed E-state index contributed by atoms with van der Waals surface area (Å²) in [6.45, 7) is 0.720. The molecule has 0 saturated heterocycles. The highest BCUT2D eigenvalue weighted by molar-refractivity contribution is 5.51. The van der Waals surface area contributed by atoms with Crippen LogP contribution in [0.2, 0.25) is 0 Å². The van der Waals surface area contributed by atoms with Gasteiger partial charge in [0.1, 0.15) is 11.3 Å². The molecule has 4 nitrogen and oxygen atoms in total. The predicted molar refractivity (Wildman–Crippen MR) is 83.5 cm³/mol. The second-order valence-corrected chi connectivity index (χ2v) is 6.33. The lowest BCUT2D eigenvalue weighted by atomic mass is 9.93. The Kier molecular flexibility index (Phi) is 3.77. The molecule has 2 aliphatic carbocycles. The van der Waals surface area contributed by atoms with Crippen molar-refractivity contribution in [3.05, 3.63) is 24.3 Å². The summed E-state index contributed by atoms with van der Waals surface area (Å²) in [6, 6.07) is 11.2. The van der Waals surface area contributed by atoms with Crippen molar-refractivity contribution in [3.63, 3.8) is 0 Å². The van der Waals surface area contributed by atoms with Crippen molar-refractivity contribution in [2.75, 3.05) is 25.6 Å². The number of nitrogens with zero attached hydrogens (tertiary/aromatic N) is 2. The Labute approximate surface area is 126 Å². The third-order valence-corrected chi connectivity index (χ3v) is 4.49. The zero-order valence-corrected chi connectivity index (χ0v) is 12.8. The molecule has 1 atom stereocenters. The van der Waals surface area contributed by atoms with Gasteiger partial charge in [-0.3, -0.25) is 5.32 Å². The maximum atomic E-state index is 9.80. The highest BCUT2D eigenvalue weighted by Gasteiger charge is 2.48. The number of anilines is 1. The van der Waals surface area contributed by atoms with Crippen LogP contribution < -0.4 is 15.0 Å². The molecule has 0 bridgehead atoms. The monoisotopic (exact) mass is 285 g/mol. The van der Waals surface area contributed by atoms with Crippen molar-refractivity contribution in [2.45, 2.75) is 37.3 Å². The highest BCUT2D eigenvalue weighted by atomic mass is 16.5. The molecular weight excluding hydrogens is 262 g/mol. The fourth-order valence-electron chi connectivity index (χ4n) is 2.93. The molecule has 1 aromatic rings. The van der Waals surface area contributed by atoms with Crippen LogP contribution in [0.1, 0.15) is 25.7 Å². The van der Waals surface area contributed by atoms with Crippen LogP contribution in [0.3, 0.4) is 0 Å². The molecule has 1 N–H and O–H groups in total. The molecular formula is C17H23N3O. The number of ether oxygens (including phenoxy) is 1. The molecule has 0 spiro atoms. The van der Waals surface area contributed by atoms with E-state index in [1.54, 1.807) is 7.11 Å². The maximum absolute atomic E-state index is 9.80. The third kappa shape index (κ3) is 3.14. The van der Waals surface area contributed by atoms with E-state index >= 15 is 0 Å². The van der Waals surface area contributed by atoms with Gasteiger partial charge in [0, 0.05) is 31.4 Å². The average Bonchev–Trinajstić information content (AvgIpc) is 3.39. The minimum Gasteiger partial charge on any atom is -0.497 e. The van der Waals surface area contributed by atoms with Gasteiger partial charge < -0.3 is 9.64 Å². The molecule has 112 valence electrons. The van der Waals surface area contributed by atoms with Crippen LogP contribution in [-0.4, -0.2) is 32.3 Å². The summed E-state index contributed by atoms with van der Waals surface area (Å²) < 4.78 is 5.29. The molecule has 0 radical (unpaired) electrons. The van der Waals surface area contributed by atoms with Gasteiger partial charge in [-0.15, -0.1) is 0 Å². The lowest BCUT2D eigenvalue weighted by Crippen LogP contribution is -2.54. The van der Waals surface area contributed by atoms with Gasteiger partial charge in [-0.1, -0.05) is 6.07 Å². The van der Waals surface area contributed by atoms with Gasteiger partial charge in [-0.05, 0) is 43.7 Å². The van der Waals surface area contributed by atoms with Gasteiger partial charge >= 0.3 is 0 Å². The number of rotatable bonds is 7. The van der Waals surface area contributed by atoms with Crippen LogP contribution in [-0.2, 0) is 0 Å². The first-order chi connectivity index (χ1) is 10.2. The summed E-state index contributed by atoms with van der Waals surface area (Å²) in [6.07, 6.45) is 4.75. The van der Waals surface area contributed by atoms with Crippen molar-refractivity contribution in [3.8, 4) is 11.8 Å². The molecule has 0 aromatic heterocycles. The van der Waals surface area contributed by atoms with Crippen molar-refractivity contribution in [2.24, 2.45) is 5.92 Å². The number of methoxy groups -OCH3 is 1. The van der Waals surface area contributed by atoms with Crippen molar-refractivity contribution < 1.29 is 4.74 Å². The molecule has 4 heteroatoms. The number of likely N-dealkylation sites (N-methyl/N-ethyl adjacent to an activating group) is 1. The van der Waals surface area contributed by atoms with Gasteiger partial charge in [0.2, 0.25) is 0 Å². The SMILES string of the molecule is COc1cccc(N(C)CC(C#N)(NC2CC2)C2CC2)c1. The van der Waals surface area contributed by atoms with E-state index < -0.39 is 5.54 Å². The molecule has 2 fully saturated rings. The third-order valence-electron chi connectivity index (χ3n) is 4.49. The number of hydrogen-bond donors (Lipinski definition) is 1. The van der Waals surface area contributed by atoms with Crippen LogP contribution >= 0.6 is 0 Å². The first-order valence-corrected chi connectivity index (χ1v) is 7.71. The van der Waals surface area contributed by atoms with E-state index in [9.17, 15) is 5.26 Å². The smallest absolute Gasteiger partial charge is 0.127 e. The first-order valence-electron chi connectivity index (χ1n) is 7.71. The predicted octanol–water partition coefficient (Wildman–Crippen LogP) is 2.56. The molecule has 1 unspecified atom stereocenters. The first kappa shape index (κ1) is 14.2. The fourth-order valence-corrected chi connectivity index (χ4v) is 2.93. The number of nitriles is 1. The minimum absolute atomic E-state index is 0.404. The van der Waals surface area contributed by atoms with Gasteiger partial charge in [0.25, 0.3) is 0 Å². The van der Waals surface area contributed by atoms with E-state index in [1.165, 1.54) is 25.7 Å². The minimum atomic E-state index is -0.404. The lowest BCUT2D eigenvalue weighted by molar-refractivity contribution is 0.365. The number of benzene rings is 1. The summed E-state index contributed by atoms with van der Waals surface area (Å²) >= 11 is 0. The van der Waals surface area contributed by atoms with Crippen LogP contribution in [0.4, 0.5) is 5.69 Å². The van der Waals surface area contributed by atoms with Gasteiger partial charge in [-0.2, -0.15) is 5.26 Å². The van der Waals surface area contributed by atoms with Crippen LogP contribution in [0.5, 0.6) is 5.75 Å². The molecule has 1 aromatic carbocycles. The van der Waals surface area contributed by atoms with Crippen molar-refractivity contribution in [1.82, 2.24) is 5.32 Å². The molecule has 2 aliphatic rings. The Balaban J connectivity index is 1.76. The van der Waals surface area contributed by atoms with Gasteiger partial charge in [-0.25, -0.2) is 0 Å². The highest BCUT2D eigenvalue weighted by Crippen LogP contribution is 2.42. The summed E-state index contributed by atoms with van der Waals surface area (Å²) in [7, 11) is 3.73. The Hall–Kier alpha value is -1.73. The molecule has 2 saturated carbocycles. The van der Waals surface area contributed by atoms with E-state index in [0.29, 0.717) is 12.0 Å². The standard InChI is InChI=1S/C17H23N3O/c1-20(15-4-3-5-16(10-15)21-2)12-17(11-18,13-6-7-13)19-14-8-9-14/h3-5,10,13-14,19H,6-9,12H2,1-2H3. The van der Waals surface area contributed by atoms with Crippen LogP contribution in [0, 0.1) is 17.2 Å². The molecule has 21 heavy (non-hydrogen) atoms. The summed E-state index contributed by atoms with van der Waals surface area (Å²) in [5, 5.41) is 13.4. The van der Waals surface area contributed by atoms with Gasteiger partial charge in [0.05, 0.1) is 13.2 Å². The topological polar surface area (TPSA) is 48.3 Å². The number of hydrogen-bond acceptors (Lipinski definition) is 4. The van der Waals surface area contributed by atoms with E-state index in [-0.39, 0.29) is 0 Å². The van der Waals surface area contributed by atoms with E-state index in [2.05, 4.69) is 29.4 Å². The molecule has 0 amide bonds. The molecule has 0 heterocycles. The normalized spacial score (nSPS) is 20.4. The van der Waals surface area contributed by atoms with Crippen molar-refractivity contribution in [1.29, 1.82) is 5.26 Å². The zero-order valence-electron chi connectivity index (χ0n) is 12.8. The van der Waals surface area contributed by atoms with E-state index in [0.717, 1.165) is 18.0 Å². The van der Waals surface area contributed by atoms with E-state index in [1.807, 2.05) is 18.2 Å². The van der Waals surface area contributed by atoms with E-state index in [4.69, 9.17) is 4.74 Å². The zero-order chi connectivity index (χ0) is 14.9. The summed E-state index contributed by atoms with van der Waals surface area (Å²) in [5.41, 5.74) is 0.686. The second kappa shape index (κ2) is 5.57. The Morgan fingerprint density at radius 1 is 1.38 bits per heavy atom. The quantitative estimate of drug-likeness (QED) is 0.836. The Morgan fingerprint density at radius 2 is 2.14 bits per heavy atom. The lowest BCUT2D eigenvalue weighted by Gasteiger charge is -2.34. The number of nitrogens with one attached hydrogen (secondary N) is 1.